The second-order valence-corrected chi connectivity index (χ2v) is 7.67. The summed E-state index contributed by atoms with van der Waals surface area (Å²) in [6.07, 6.45) is 3.93. The van der Waals surface area contributed by atoms with E-state index in [1.807, 2.05) is 54.4 Å². The molecule has 0 bridgehead atoms. The van der Waals surface area contributed by atoms with Crippen molar-refractivity contribution in [3.63, 3.8) is 0 Å². The van der Waals surface area contributed by atoms with Crippen LogP contribution in [-0.2, 0) is 16.1 Å². The summed E-state index contributed by atoms with van der Waals surface area (Å²) in [6.45, 7) is 3.97. The number of nitrogens with zero attached hydrogens (tertiary/aromatic N) is 3. The largest absolute Gasteiger partial charge is 0.348 e. The van der Waals surface area contributed by atoms with E-state index < -0.39 is 0 Å². The molecule has 2 aromatic rings. The molecule has 1 aliphatic carbocycles. The van der Waals surface area contributed by atoms with Gasteiger partial charge < -0.3 is 14.4 Å². The van der Waals surface area contributed by atoms with Crippen LogP contribution in [0.2, 0.25) is 5.02 Å². The molecule has 0 N–H and O–H groups in total. The van der Waals surface area contributed by atoms with Crippen molar-refractivity contribution in [3.8, 4) is 0 Å². The van der Waals surface area contributed by atoms with Gasteiger partial charge in [0, 0.05) is 42.5 Å². The molecule has 0 unspecified atom stereocenters. The van der Waals surface area contributed by atoms with Gasteiger partial charge in [-0.3, -0.25) is 9.59 Å². The van der Waals surface area contributed by atoms with Gasteiger partial charge >= 0.3 is 0 Å². The molecule has 2 aliphatic rings. The van der Waals surface area contributed by atoms with Crippen molar-refractivity contribution in [2.45, 2.75) is 32.4 Å². The minimum Gasteiger partial charge on any atom is -0.348 e. The molecule has 6 heteroatoms. The summed E-state index contributed by atoms with van der Waals surface area (Å²) in [5.74, 6) is 0.208. The molecule has 142 valence electrons. The fraction of sp³-hybridized carbons (Fsp3) is 0.429. The first kappa shape index (κ1) is 18.1. The van der Waals surface area contributed by atoms with E-state index >= 15 is 0 Å². The molecule has 1 atom stereocenters. The van der Waals surface area contributed by atoms with Crippen LogP contribution >= 0.6 is 11.6 Å². The topological polar surface area (TPSA) is 45.6 Å². The monoisotopic (exact) mass is 385 g/mol. The molecule has 1 saturated carbocycles. The Hall–Kier alpha value is -2.27. The van der Waals surface area contributed by atoms with Gasteiger partial charge in [0.15, 0.2) is 0 Å². The minimum atomic E-state index is -0.232. The van der Waals surface area contributed by atoms with Gasteiger partial charge in [0.2, 0.25) is 11.8 Å². The van der Waals surface area contributed by atoms with Crippen LogP contribution in [0.3, 0.4) is 0 Å². The lowest BCUT2D eigenvalue weighted by Crippen LogP contribution is -2.48. The second kappa shape index (κ2) is 7.39. The predicted octanol–water partition coefficient (Wildman–Crippen LogP) is 3.33. The van der Waals surface area contributed by atoms with Gasteiger partial charge in [-0.1, -0.05) is 29.8 Å². The van der Waals surface area contributed by atoms with Crippen LogP contribution in [0.1, 0.15) is 37.1 Å². The van der Waals surface area contributed by atoms with Crippen LogP contribution in [0.4, 0.5) is 0 Å². The molecule has 1 aromatic heterocycles. The first-order valence-corrected chi connectivity index (χ1v) is 9.95. The molecule has 0 saturated heterocycles. The molecule has 1 aliphatic heterocycles. The molecule has 0 spiro atoms. The summed E-state index contributed by atoms with van der Waals surface area (Å²) in [5, 5.41) is 0.649. The Morgan fingerprint density at radius 3 is 2.63 bits per heavy atom. The fourth-order valence-electron chi connectivity index (χ4n) is 3.86. The molecule has 0 radical (unpaired) electrons. The Bertz CT molecular complexity index is 859. The number of benzene rings is 1. The van der Waals surface area contributed by atoms with Gasteiger partial charge in [-0.05, 0) is 43.5 Å². The number of halogens is 1. The third-order valence-corrected chi connectivity index (χ3v) is 5.85. The maximum Gasteiger partial charge on any atom is 0.243 e. The predicted molar refractivity (Wildman–Crippen MR) is 104 cm³/mol. The highest BCUT2D eigenvalue weighted by Crippen LogP contribution is 2.36. The summed E-state index contributed by atoms with van der Waals surface area (Å²) < 4.78 is 2.17. The van der Waals surface area contributed by atoms with Gasteiger partial charge in [0.25, 0.3) is 0 Å². The summed E-state index contributed by atoms with van der Waals surface area (Å²) in [4.78, 5) is 29.2. The van der Waals surface area contributed by atoms with E-state index in [1.54, 1.807) is 4.90 Å². The molecule has 2 amide bonds. The standard InChI is InChI=1S/C21H24ClN3O2/c1-2-23(21(27)15-9-10-15)14-19(26)25-13-12-24-11-5-8-18(24)20(25)16-6-3-4-7-17(16)22/h3-8,11,15,20H,2,9-10,12-14H2,1H3/t20-/m1/s1. The minimum absolute atomic E-state index is 0.0248. The maximum atomic E-state index is 13.2. The van der Waals surface area contributed by atoms with Crippen molar-refractivity contribution < 1.29 is 9.59 Å². The van der Waals surface area contributed by atoms with E-state index in [1.165, 1.54) is 0 Å². The zero-order valence-corrected chi connectivity index (χ0v) is 16.2. The van der Waals surface area contributed by atoms with Crippen LogP contribution in [0.5, 0.6) is 0 Å². The molecule has 5 nitrogen and oxygen atoms in total. The van der Waals surface area contributed by atoms with Gasteiger partial charge in [0.05, 0.1) is 12.6 Å². The Kier molecular flexibility index (Phi) is 4.96. The number of hydrogen-bond donors (Lipinski definition) is 0. The van der Waals surface area contributed by atoms with E-state index in [-0.39, 0.29) is 30.3 Å². The van der Waals surface area contributed by atoms with E-state index in [9.17, 15) is 9.59 Å². The average Bonchev–Trinajstić information content (AvgIpc) is 3.42. The fourth-order valence-corrected chi connectivity index (χ4v) is 4.10. The number of fused-ring (bicyclic) bond motifs is 1. The lowest BCUT2D eigenvalue weighted by molar-refractivity contribution is -0.142. The maximum absolute atomic E-state index is 13.2. The molecule has 2 heterocycles. The summed E-state index contributed by atoms with van der Waals surface area (Å²) in [7, 11) is 0. The number of aromatic nitrogens is 1. The third-order valence-electron chi connectivity index (χ3n) is 5.50. The zero-order valence-electron chi connectivity index (χ0n) is 15.5. The highest BCUT2D eigenvalue weighted by molar-refractivity contribution is 6.31. The number of hydrogen-bond acceptors (Lipinski definition) is 2. The van der Waals surface area contributed by atoms with Crippen molar-refractivity contribution in [2.24, 2.45) is 5.92 Å². The van der Waals surface area contributed by atoms with Crippen LogP contribution < -0.4 is 0 Å². The molecule has 1 fully saturated rings. The molecule has 1 aromatic carbocycles. The smallest absolute Gasteiger partial charge is 0.243 e. The van der Waals surface area contributed by atoms with E-state index in [0.717, 1.165) is 30.6 Å². The molecular formula is C21H24ClN3O2. The van der Waals surface area contributed by atoms with Crippen LogP contribution in [-0.4, -0.2) is 45.8 Å². The number of carbonyl (C=O) groups excluding carboxylic acids is 2. The number of amides is 2. The summed E-state index contributed by atoms with van der Waals surface area (Å²) >= 11 is 6.48. The lowest BCUT2D eigenvalue weighted by atomic mass is 9.99. The molecule has 27 heavy (non-hydrogen) atoms. The van der Waals surface area contributed by atoms with Crippen LogP contribution in [0.25, 0.3) is 0 Å². The van der Waals surface area contributed by atoms with E-state index in [0.29, 0.717) is 18.1 Å². The van der Waals surface area contributed by atoms with Crippen molar-refractivity contribution in [1.29, 1.82) is 0 Å². The number of rotatable bonds is 5. The van der Waals surface area contributed by atoms with Crippen molar-refractivity contribution in [2.75, 3.05) is 19.6 Å². The van der Waals surface area contributed by atoms with Gasteiger partial charge in [-0.15, -0.1) is 0 Å². The Labute approximate surface area is 164 Å². The highest BCUT2D eigenvalue weighted by atomic mass is 35.5. The lowest BCUT2D eigenvalue weighted by Gasteiger charge is -2.38. The normalized spacial score (nSPS) is 18.9. The first-order valence-electron chi connectivity index (χ1n) is 9.58. The van der Waals surface area contributed by atoms with Crippen LogP contribution in [0.15, 0.2) is 42.6 Å². The van der Waals surface area contributed by atoms with Crippen molar-refractivity contribution in [3.05, 3.63) is 58.9 Å². The van der Waals surface area contributed by atoms with Gasteiger partial charge in [-0.2, -0.15) is 0 Å². The molecular weight excluding hydrogens is 362 g/mol. The second-order valence-electron chi connectivity index (χ2n) is 7.26. The van der Waals surface area contributed by atoms with Crippen molar-refractivity contribution in [1.82, 2.24) is 14.4 Å². The Morgan fingerprint density at radius 1 is 1.15 bits per heavy atom. The number of likely N-dealkylation sites (N-methyl/N-ethyl adjacent to an activating group) is 1. The number of carbonyl (C=O) groups is 2. The quantitative estimate of drug-likeness (QED) is 0.792. The van der Waals surface area contributed by atoms with Gasteiger partial charge in [0.1, 0.15) is 0 Å². The van der Waals surface area contributed by atoms with Crippen LogP contribution in [0, 0.1) is 5.92 Å². The first-order chi connectivity index (χ1) is 13.1. The SMILES string of the molecule is CCN(CC(=O)N1CCn2cccc2[C@H]1c1ccccc1Cl)C(=O)C1CC1. The zero-order chi connectivity index (χ0) is 19.0. The summed E-state index contributed by atoms with van der Waals surface area (Å²) in [5.41, 5.74) is 1.98. The van der Waals surface area contributed by atoms with E-state index in [2.05, 4.69) is 4.57 Å². The van der Waals surface area contributed by atoms with Gasteiger partial charge in [-0.25, -0.2) is 0 Å². The average molecular weight is 386 g/mol. The third kappa shape index (κ3) is 3.48. The summed E-state index contributed by atoms with van der Waals surface area (Å²) in [6, 6.07) is 11.5. The highest BCUT2D eigenvalue weighted by Gasteiger charge is 2.37. The van der Waals surface area contributed by atoms with E-state index in [4.69, 9.17) is 11.6 Å². The Balaban J connectivity index is 1.63. The molecule has 4 rings (SSSR count). The van der Waals surface area contributed by atoms with Crippen molar-refractivity contribution >= 4 is 23.4 Å². The Morgan fingerprint density at radius 2 is 1.93 bits per heavy atom.